The van der Waals surface area contributed by atoms with E-state index >= 15 is 0 Å². The van der Waals surface area contributed by atoms with Crippen LogP contribution in [0, 0.1) is 6.92 Å². The van der Waals surface area contributed by atoms with Crippen LogP contribution in [-0.2, 0) is 4.79 Å². The predicted molar refractivity (Wildman–Crippen MR) is 85.8 cm³/mol. The first-order valence-corrected chi connectivity index (χ1v) is 7.09. The van der Waals surface area contributed by atoms with Gasteiger partial charge in [-0.15, -0.1) is 0 Å². The average molecular weight is 316 g/mol. The van der Waals surface area contributed by atoms with Gasteiger partial charge in [0, 0.05) is 5.02 Å². The summed E-state index contributed by atoms with van der Waals surface area (Å²) in [5.74, 6) is -0.527. The predicted octanol–water partition coefficient (Wildman–Crippen LogP) is 3.43. The quantitative estimate of drug-likeness (QED) is 0.773. The van der Waals surface area contributed by atoms with Gasteiger partial charge in [0.2, 0.25) is 5.91 Å². The van der Waals surface area contributed by atoms with Gasteiger partial charge in [0.25, 0.3) is 6.01 Å². The van der Waals surface area contributed by atoms with Crippen molar-refractivity contribution < 1.29 is 9.21 Å². The van der Waals surface area contributed by atoms with E-state index < -0.39 is 11.9 Å². The van der Waals surface area contributed by atoms with Crippen molar-refractivity contribution in [2.45, 2.75) is 13.0 Å². The van der Waals surface area contributed by atoms with Gasteiger partial charge in [-0.1, -0.05) is 29.8 Å². The van der Waals surface area contributed by atoms with Crippen molar-refractivity contribution in [3.8, 4) is 0 Å². The smallest absolute Gasteiger partial charge is 0.296 e. The molecule has 0 bridgehead atoms. The number of nitrogens with two attached hydrogens (primary N) is 1. The minimum absolute atomic E-state index is 0.249. The number of nitrogens with zero attached hydrogens (tertiary/aromatic N) is 1. The first-order chi connectivity index (χ1) is 10.5. The molecule has 3 aromatic rings. The minimum atomic E-state index is -0.744. The van der Waals surface area contributed by atoms with Gasteiger partial charge in [0.05, 0.1) is 0 Å². The highest BCUT2D eigenvalue weighted by molar-refractivity contribution is 6.30. The number of hydrogen-bond donors (Lipinski definition) is 2. The first kappa shape index (κ1) is 14.4. The lowest BCUT2D eigenvalue weighted by molar-refractivity contribution is -0.118. The Balaban J connectivity index is 1.92. The molecule has 6 heteroatoms. The SMILES string of the molecule is Cc1ccc2oc(NC(C(N)=O)c3ccc(Cl)cc3)nc2c1. The fourth-order valence-electron chi connectivity index (χ4n) is 2.20. The number of nitrogens with one attached hydrogen (secondary N) is 1. The van der Waals surface area contributed by atoms with Crippen LogP contribution in [0.4, 0.5) is 6.01 Å². The molecule has 1 atom stereocenters. The first-order valence-electron chi connectivity index (χ1n) is 6.71. The molecule has 0 aliphatic rings. The van der Waals surface area contributed by atoms with E-state index in [0.29, 0.717) is 16.2 Å². The number of primary amides is 1. The van der Waals surface area contributed by atoms with Crippen molar-refractivity contribution in [2.75, 3.05) is 5.32 Å². The largest absolute Gasteiger partial charge is 0.424 e. The van der Waals surface area contributed by atoms with E-state index in [-0.39, 0.29) is 6.01 Å². The summed E-state index contributed by atoms with van der Waals surface area (Å²) in [4.78, 5) is 16.0. The van der Waals surface area contributed by atoms with E-state index in [1.165, 1.54) is 0 Å². The number of carbonyl (C=O) groups excluding carboxylic acids is 1. The van der Waals surface area contributed by atoms with Crippen LogP contribution in [0.5, 0.6) is 0 Å². The zero-order valence-electron chi connectivity index (χ0n) is 11.8. The third-order valence-electron chi connectivity index (χ3n) is 3.30. The summed E-state index contributed by atoms with van der Waals surface area (Å²) in [6.07, 6.45) is 0. The molecule has 0 saturated carbocycles. The van der Waals surface area contributed by atoms with Gasteiger partial charge in [-0.25, -0.2) is 0 Å². The van der Waals surface area contributed by atoms with Gasteiger partial charge < -0.3 is 15.5 Å². The summed E-state index contributed by atoms with van der Waals surface area (Å²) in [7, 11) is 0. The Hall–Kier alpha value is -2.53. The van der Waals surface area contributed by atoms with Crippen molar-refractivity contribution >= 4 is 34.6 Å². The van der Waals surface area contributed by atoms with Crippen molar-refractivity contribution in [3.05, 3.63) is 58.6 Å². The molecule has 0 saturated heterocycles. The Morgan fingerprint density at radius 2 is 2.00 bits per heavy atom. The molecule has 0 spiro atoms. The van der Waals surface area contributed by atoms with Crippen molar-refractivity contribution in [1.29, 1.82) is 0 Å². The van der Waals surface area contributed by atoms with E-state index in [1.54, 1.807) is 24.3 Å². The van der Waals surface area contributed by atoms with Crippen molar-refractivity contribution in [1.82, 2.24) is 4.98 Å². The van der Waals surface area contributed by atoms with Crippen LogP contribution in [0.25, 0.3) is 11.1 Å². The van der Waals surface area contributed by atoms with Crippen LogP contribution >= 0.6 is 11.6 Å². The molecular weight excluding hydrogens is 302 g/mol. The number of oxazole rings is 1. The normalized spacial score (nSPS) is 12.3. The molecule has 0 radical (unpaired) electrons. The van der Waals surface area contributed by atoms with Crippen LogP contribution < -0.4 is 11.1 Å². The number of aromatic nitrogens is 1. The Kier molecular flexibility index (Phi) is 3.73. The summed E-state index contributed by atoms with van der Waals surface area (Å²) < 4.78 is 5.59. The van der Waals surface area contributed by atoms with E-state index in [2.05, 4.69) is 10.3 Å². The molecule has 0 fully saturated rings. The van der Waals surface area contributed by atoms with E-state index in [1.807, 2.05) is 25.1 Å². The molecule has 0 aliphatic heterocycles. The summed E-state index contributed by atoms with van der Waals surface area (Å²) in [6.45, 7) is 1.97. The second kappa shape index (κ2) is 5.69. The molecule has 3 N–H and O–H groups in total. The highest BCUT2D eigenvalue weighted by Gasteiger charge is 2.20. The lowest BCUT2D eigenvalue weighted by atomic mass is 10.1. The molecule has 2 aromatic carbocycles. The third kappa shape index (κ3) is 2.89. The highest BCUT2D eigenvalue weighted by Crippen LogP contribution is 2.24. The molecule has 1 aromatic heterocycles. The zero-order chi connectivity index (χ0) is 15.7. The Morgan fingerprint density at radius 3 is 2.68 bits per heavy atom. The van der Waals surface area contributed by atoms with E-state index in [0.717, 1.165) is 11.1 Å². The summed E-state index contributed by atoms with van der Waals surface area (Å²) in [5, 5.41) is 3.52. The summed E-state index contributed by atoms with van der Waals surface area (Å²) >= 11 is 5.86. The van der Waals surface area contributed by atoms with E-state index in [4.69, 9.17) is 21.8 Å². The maximum atomic E-state index is 11.7. The number of amides is 1. The van der Waals surface area contributed by atoms with Crippen molar-refractivity contribution in [2.24, 2.45) is 5.73 Å². The fourth-order valence-corrected chi connectivity index (χ4v) is 2.32. The molecule has 112 valence electrons. The van der Waals surface area contributed by atoms with Crippen LogP contribution in [-0.4, -0.2) is 10.9 Å². The average Bonchev–Trinajstić information content (AvgIpc) is 2.87. The Labute approximate surface area is 132 Å². The number of fused-ring (bicyclic) bond motifs is 1. The molecule has 0 aliphatic carbocycles. The summed E-state index contributed by atoms with van der Waals surface area (Å²) in [6, 6.07) is 12.0. The van der Waals surface area contributed by atoms with Gasteiger partial charge in [0.1, 0.15) is 11.6 Å². The number of benzene rings is 2. The van der Waals surface area contributed by atoms with Crippen molar-refractivity contribution in [3.63, 3.8) is 0 Å². The summed E-state index contributed by atoms with van der Waals surface area (Å²) in [5.41, 5.74) is 8.61. The number of rotatable bonds is 4. The van der Waals surface area contributed by atoms with Gasteiger partial charge >= 0.3 is 0 Å². The number of halogens is 1. The molecule has 22 heavy (non-hydrogen) atoms. The monoisotopic (exact) mass is 315 g/mol. The molecule has 3 rings (SSSR count). The maximum absolute atomic E-state index is 11.7. The fraction of sp³-hybridized carbons (Fsp3) is 0.125. The topological polar surface area (TPSA) is 81.1 Å². The van der Waals surface area contributed by atoms with Gasteiger partial charge in [-0.05, 0) is 42.3 Å². The van der Waals surface area contributed by atoms with Crippen LogP contribution in [0.3, 0.4) is 0 Å². The van der Waals surface area contributed by atoms with Crippen LogP contribution in [0.2, 0.25) is 5.02 Å². The number of hydrogen-bond acceptors (Lipinski definition) is 4. The molecular formula is C16H14ClN3O2. The van der Waals surface area contributed by atoms with Gasteiger partial charge in [0.15, 0.2) is 5.58 Å². The highest BCUT2D eigenvalue weighted by atomic mass is 35.5. The number of aryl methyl sites for hydroxylation is 1. The number of carbonyl (C=O) groups is 1. The van der Waals surface area contributed by atoms with Crippen LogP contribution in [0.1, 0.15) is 17.2 Å². The molecule has 1 unspecified atom stereocenters. The molecule has 1 heterocycles. The third-order valence-corrected chi connectivity index (χ3v) is 3.55. The standard InChI is InChI=1S/C16H14ClN3O2/c1-9-2-7-13-12(8-9)19-16(22-13)20-14(15(18)21)10-3-5-11(17)6-4-10/h2-8,14H,1H3,(H2,18,21)(H,19,20). The maximum Gasteiger partial charge on any atom is 0.296 e. The second-order valence-corrected chi connectivity index (χ2v) is 5.46. The lowest BCUT2D eigenvalue weighted by Gasteiger charge is -2.14. The zero-order valence-corrected chi connectivity index (χ0v) is 12.6. The Morgan fingerprint density at radius 1 is 1.27 bits per heavy atom. The van der Waals surface area contributed by atoms with Crippen LogP contribution in [0.15, 0.2) is 46.9 Å². The Bertz CT molecular complexity index is 827. The molecule has 5 nitrogen and oxygen atoms in total. The molecule has 1 amide bonds. The lowest BCUT2D eigenvalue weighted by Crippen LogP contribution is -2.27. The van der Waals surface area contributed by atoms with E-state index in [9.17, 15) is 4.79 Å². The number of anilines is 1. The van der Waals surface area contributed by atoms with Gasteiger partial charge in [-0.2, -0.15) is 4.98 Å². The minimum Gasteiger partial charge on any atom is -0.424 e. The second-order valence-electron chi connectivity index (χ2n) is 5.02. The van der Waals surface area contributed by atoms with Gasteiger partial charge in [-0.3, -0.25) is 4.79 Å².